The molecule has 0 spiro atoms. The van der Waals surface area contributed by atoms with Crippen molar-refractivity contribution in [3.8, 4) is 11.6 Å². The van der Waals surface area contributed by atoms with E-state index in [1.54, 1.807) is 13.3 Å². The molecular weight excluding hydrogens is 311 g/mol. The van der Waals surface area contributed by atoms with Gasteiger partial charge < -0.3 is 14.8 Å². The van der Waals surface area contributed by atoms with Crippen molar-refractivity contribution in [2.24, 2.45) is 5.92 Å². The predicted molar refractivity (Wildman–Crippen MR) is 89.1 cm³/mol. The van der Waals surface area contributed by atoms with Gasteiger partial charge in [-0.05, 0) is 42.5 Å². The van der Waals surface area contributed by atoms with Gasteiger partial charge in [0.15, 0.2) is 6.17 Å². The van der Waals surface area contributed by atoms with Crippen molar-refractivity contribution in [3.63, 3.8) is 0 Å². The maximum atomic E-state index is 13.9. The first-order chi connectivity index (χ1) is 11.5. The number of nitrogens with zero attached hydrogens (tertiary/aromatic N) is 1. The molecule has 2 aromatic rings. The number of methoxy groups -OCH3 is 1. The van der Waals surface area contributed by atoms with Crippen molar-refractivity contribution in [3.05, 3.63) is 30.0 Å². The number of alkyl halides is 1. The molecule has 1 aliphatic rings. The average molecular weight is 332 g/mol. The molecule has 1 aromatic heterocycles. The SMILES string of the molecule is CC[C@@H]1[C@H](F)C(=O)N[C@@H]1COc1nccc2cc(C)c(OC)cc12. The Morgan fingerprint density at radius 3 is 2.88 bits per heavy atom. The highest BCUT2D eigenvalue weighted by atomic mass is 19.1. The summed E-state index contributed by atoms with van der Waals surface area (Å²) in [5.74, 6) is 0.282. The number of aryl methyl sites for hydroxylation is 1. The minimum absolute atomic E-state index is 0.187. The molecule has 0 bridgehead atoms. The second-order valence-corrected chi connectivity index (χ2v) is 6.06. The summed E-state index contributed by atoms with van der Waals surface area (Å²) < 4.78 is 25.0. The molecule has 128 valence electrons. The number of hydrogen-bond acceptors (Lipinski definition) is 4. The Bertz CT molecular complexity index is 765. The molecule has 1 N–H and O–H groups in total. The maximum Gasteiger partial charge on any atom is 0.255 e. The van der Waals surface area contributed by atoms with Gasteiger partial charge in [-0.2, -0.15) is 0 Å². The number of pyridine rings is 1. The van der Waals surface area contributed by atoms with Crippen LogP contribution in [0.3, 0.4) is 0 Å². The average Bonchev–Trinajstić information content (AvgIpc) is 2.85. The quantitative estimate of drug-likeness (QED) is 0.915. The number of ether oxygens (including phenoxy) is 2. The van der Waals surface area contributed by atoms with E-state index in [2.05, 4.69) is 10.3 Å². The van der Waals surface area contributed by atoms with Gasteiger partial charge in [0.1, 0.15) is 12.4 Å². The van der Waals surface area contributed by atoms with Gasteiger partial charge in [0, 0.05) is 17.5 Å². The molecule has 6 heteroatoms. The van der Waals surface area contributed by atoms with Crippen LogP contribution in [0.5, 0.6) is 11.6 Å². The number of carbonyl (C=O) groups excluding carboxylic acids is 1. The fraction of sp³-hybridized carbons (Fsp3) is 0.444. The first kappa shape index (κ1) is 16.5. The summed E-state index contributed by atoms with van der Waals surface area (Å²) in [5.41, 5.74) is 1.02. The van der Waals surface area contributed by atoms with Crippen molar-refractivity contribution in [1.29, 1.82) is 0 Å². The van der Waals surface area contributed by atoms with Gasteiger partial charge in [-0.25, -0.2) is 9.37 Å². The number of benzene rings is 1. The number of hydrogen-bond donors (Lipinski definition) is 1. The van der Waals surface area contributed by atoms with E-state index in [4.69, 9.17) is 9.47 Å². The molecule has 0 radical (unpaired) electrons. The van der Waals surface area contributed by atoms with Gasteiger partial charge in [-0.15, -0.1) is 0 Å². The third kappa shape index (κ3) is 2.88. The van der Waals surface area contributed by atoms with E-state index in [-0.39, 0.29) is 18.6 Å². The number of aromatic nitrogens is 1. The molecular formula is C18H21FN2O3. The third-order valence-electron chi connectivity index (χ3n) is 4.59. The lowest BCUT2D eigenvalue weighted by atomic mass is 9.97. The summed E-state index contributed by atoms with van der Waals surface area (Å²) in [6.45, 7) is 4.03. The van der Waals surface area contributed by atoms with Gasteiger partial charge in [0.25, 0.3) is 5.91 Å². The first-order valence-corrected chi connectivity index (χ1v) is 8.05. The fourth-order valence-corrected chi connectivity index (χ4v) is 3.22. The van der Waals surface area contributed by atoms with Crippen LogP contribution in [0.25, 0.3) is 10.8 Å². The normalized spacial score (nSPS) is 23.3. The monoisotopic (exact) mass is 332 g/mol. The van der Waals surface area contributed by atoms with E-state index in [9.17, 15) is 9.18 Å². The van der Waals surface area contributed by atoms with Gasteiger partial charge in [-0.3, -0.25) is 4.79 Å². The lowest BCUT2D eigenvalue weighted by molar-refractivity contribution is -0.123. The number of amides is 1. The van der Waals surface area contributed by atoms with Crippen molar-refractivity contribution < 1.29 is 18.7 Å². The molecule has 1 aromatic carbocycles. The minimum atomic E-state index is -1.47. The summed E-state index contributed by atoms with van der Waals surface area (Å²) in [6, 6.07) is 5.45. The number of fused-ring (bicyclic) bond motifs is 1. The lowest BCUT2D eigenvalue weighted by Gasteiger charge is -2.19. The zero-order chi connectivity index (χ0) is 17.3. The zero-order valence-electron chi connectivity index (χ0n) is 14.0. The molecule has 3 rings (SSSR count). The Balaban J connectivity index is 1.84. The Labute approximate surface area is 140 Å². The molecule has 1 saturated heterocycles. The number of rotatable bonds is 5. The van der Waals surface area contributed by atoms with E-state index in [0.717, 1.165) is 22.1 Å². The topological polar surface area (TPSA) is 60.5 Å². The highest BCUT2D eigenvalue weighted by Crippen LogP contribution is 2.31. The standard InChI is InChI=1S/C18H21FN2O3/c1-4-12-14(21-17(22)16(12)19)9-24-18-13-8-15(23-3)10(2)7-11(13)5-6-20-18/h5-8,12,14,16H,4,9H2,1-3H3,(H,21,22)/t12-,14+,16-/m0/s1. The fourth-order valence-electron chi connectivity index (χ4n) is 3.22. The summed E-state index contributed by atoms with van der Waals surface area (Å²) in [4.78, 5) is 15.8. The Morgan fingerprint density at radius 1 is 1.38 bits per heavy atom. The van der Waals surface area contributed by atoms with Crippen LogP contribution in [-0.2, 0) is 4.79 Å². The van der Waals surface area contributed by atoms with Crippen molar-refractivity contribution >= 4 is 16.7 Å². The van der Waals surface area contributed by atoms with Gasteiger partial charge in [-0.1, -0.05) is 6.92 Å². The van der Waals surface area contributed by atoms with Crippen LogP contribution >= 0.6 is 0 Å². The van der Waals surface area contributed by atoms with Gasteiger partial charge in [0.05, 0.1) is 13.2 Å². The zero-order valence-corrected chi connectivity index (χ0v) is 14.0. The molecule has 0 unspecified atom stereocenters. The number of carbonyl (C=O) groups is 1. The molecule has 1 amide bonds. The number of nitrogens with one attached hydrogen (secondary N) is 1. The summed E-state index contributed by atoms with van der Waals surface area (Å²) in [5, 5.41) is 4.48. The highest BCUT2D eigenvalue weighted by Gasteiger charge is 2.41. The Morgan fingerprint density at radius 2 is 2.17 bits per heavy atom. The van der Waals surface area contributed by atoms with Crippen LogP contribution in [0.4, 0.5) is 4.39 Å². The van der Waals surface area contributed by atoms with E-state index in [1.165, 1.54) is 0 Å². The van der Waals surface area contributed by atoms with E-state index in [1.807, 2.05) is 32.0 Å². The lowest BCUT2D eigenvalue weighted by Crippen LogP contribution is -2.34. The second-order valence-electron chi connectivity index (χ2n) is 6.06. The van der Waals surface area contributed by atoms with Crippen molar-refractivity contribution in [1.82, 2.24) is 10.3 Å². The molecule has 3 atom stereocenters. The molecule has 1 fully saturated rings. The van der Waals surface area contributed by atoms with Crippen molar-refractivity contribution in [2.75, 3.05) is 13.7 Å². The van der Waals surface area contributed by atoms with Gasteiger partial charge in [0.2, 0.25) is 5.88 Å². The Kier molecular flexibility index (Phi) is 4.55. The minimum Gasteiger partial charge on any atom is -0.496 e. The molecule has 0 saturated carbocycles. The van der Waals surface area contributed by atoms with Crippen LogP contribution in [0.2, 0.25) is 0 Å². The molecule has 1 aliphatic heterocycles. The third-order valence-corrected chi connectivity index (χ3v) is 4.59. The van der Waals surface area contributed by atoms with Crippen LogP contribution in [0.1, 0.15) is 18.9 Å². The Hall–Kier alpha value is -2.37. The summed E-state index contributed by atoms with van der Waals surface area (Å²) in [6.07, 6.45) is 0.780. The molecule has 0 aliphatic carbocycles. The number of halogens is 1. The predicted octanol–water partition coefficient (Wildman–Crippen LogP) is 2.79. The molecule has 5 nitrogen and oxygen atoms in total. The van der Waals surface area contributed by atoms with Gasteiger partial charge >= 0.3 is 0 Å². The smallest absolute Gasteiger partial charge is 0.255 e. The van der Waals surface area contributed by atoms with Crippen molar-refractivity contribution in [2.45, 2.75) is 32.5 Å². The maximum absolute atomic E-state index is 13.9. The van der Waals surface area contributed by atoms with E-state index < -0.39 is 12.1 Å². The van der Waals surface area contributed by atoms with E-state index in [0.29, 0.717) is 12.3 Å². The summed E-state index contributed by atoms with van der Waals surface area (Å²) >= 11 is 0. The van der Waals surface area contributed by atoms with E-state index >= 15 is 0 Å². The highest BCUT2D eigenvalue weighted by molar-refractivity contribution is 5.89. The first-order valence-electron chi connectivity index (χ1n) is 8.05. The van der Waals surface area contributed by atoms with Crippen LogP contribution in [-0.4, -0.2) is 36.8 Å². The second kappa shape index (κ2) is 6.63. The summed E-state index contributed by atoms with van der Waals surface area (Å²) in [7, 11) is 1.62. The van der Waals surface area contributed by atoms with Crippen LogP contribution < -0.4 is 14.8 Å². The van der Waals surface area contributed by atoms with Crippen LogP contribution in [0.15, 0.2) is 24.4 Å². The molecule has 2 heterocycles. The molecule has 24 heavy (non-hydrogen) atoms. The van der Waals surface area contributed by atoms with Crippen LogP contribution in [0, 0.1) is 12.8 Å². The largest absolute Gasteiger partial charge is 0.496 e.